The molecule has 3 aromatic rings. The highest BCUT2D eigenvalue weighted by molar-refractivity contribution is 9.10. The maximum Gasteiger partial charge on any atom is 0.257 e. The Morgan fingerprint density at radius 3 is 2.52 bits per heavy atom. The van der Waals surface area contributed by atoms with E-state index in [1.54, 1.807) is 12.3 Å². The lowest BCUT2D eigenvalue weighted by Crippen LogP contribution is -2.31. The summed E-state index contributed by atoms with van der Waals surface area (Å²) in [7, 11) is 0. The van der Waals surface area contributed by atoms with Gasteiger partial charge in [0.2, 0.25) is 5.43 Å². The zero-order chi connectivity index (χ0) is 18.0. The van der Waals surface area contributed by atoms with Crippen molar-refractivity contribution in [1.82, 2.24) is 9.88 Å². The van der Waals surface area contributed by atoms with E-state index < -0.39 is 0 Å². The second kappa shape index (κ2) is 7.23. The normalized spacial score (nSPS) is 12.1. The third kappa shape index (κ3) is 3.51. The molecule has 0 spiro atoms. The van der Waals surface area contributed by atoms with E-state index in [1.165, 1.54) is 0 Å². The second-order valence-corrected chi connectivity index (χ2v) is 6.84. The number of amides is 1. The summed E-state index contributed by atoms with van der Waals surface area (Å²) in [4.78, 5) is 25.4. The summed E-state index contributed by atoms with van der Waals surface area (Å²) in [5.41, 5.74) is 1.76. The third-order valence-electron chi connectivity index (χ3n) is 4.29. The van der Waals surface area contributed by atoms with E-state index in [4.69, 9.17) is 0 Å². The number of nitrogens with one attached hydrogen (secondary N) is 1. The fraction of sp³-hybridized carbons (Fsp3) is 0.200. The number of carbonyl (C=O) groups is 1. The number of halogens is 1. The van der Waals surface area contributed by atoms with Crippen molar-refractivity contribution in [3.05, 3.63) is 80.6 Å². The van der Waals surface area contributed by atoms with Crippen molar-refractivity contribution in [3.63, 3.8) is 0 Å². The van der Waals surface area contributed by atoms with Crippen LogP contribution in [0.3, 0.4) is 0 Å². The zero-order valence-electron chi connectivity index (χ0n) is 14.1. The van der Waals surface area contributed by atoms with Crippen LogP contribution in [0, 0.1) is 0 Å². The number of benzene rings is 2. The van der Waals surface area contributed by atoms with Crippen LogP contribution >= 0.6 is 15.9 Å². The van der Waals surface area contributed by atoms with Crippen molar-refractivity contribution in [1.29, 1.82) is 0 Å². The molecule has 0 fully saturated rings. The second-order valence-electron chi connectivity index (χ2n) is 5.92. The molecule has 0 bridgehead atoms. The molecule has 0 aliphatic carbocycles. The van der Waals surface area contributed by atoms with Gasteiger partial charge in [-0.3, -0.25) is 9.59 Å². The fourth-order valence-corrected chi connectivity index (χ4v) is 3.14. The van der Waals surface area contributed by atoms with Gasteiger partial charge in [0.1, 0.15) is 5.56 Å². The molecule has 1 atom stereocenters. The first kappa shape index (κ1) is 17.4. The number of carbonyl (C=O) groups excluding carboxylic acids is 1. The number of fused-ring (bicyclic) bond motifs is 1. The van der Waals surface area contributed by atoms with E-state index in [-0.39, 0.29) is 22.9 Å². The first-order valence-electron chi connectivity index (χ1n) is 8.19. The number of para-hydroxylation sites is 1. The number of hydrogen-bond donors (Lipinski definition) is 1. The largest absolute Gasteiger partial charge is 0.347 e. The Labute approximate surface area is 154 Å². The standard InChI is InChI=1S/C20H19BrN2O2/c1-3-23-12-17(19(24)16-6-4-5-7-18(16)23)20(25)22-13(2)14-8-10-15(21)11-9-14/h4-13H,3H2,1-2H3,(H,22,25). The molecule has 25 heavy (non-hydrogen) atoms. The summed E-state index contributed by atoms with van der Waals surface area (Å²) in [6.07, 6.45) is 1.65. The van der Waals surface area contributed by atoms with E-state index >= 15 is 0 Å². The van der Waals surface area contributed by atoms with Crippen LogP contribution in [0.4, 0.5) is 0 Å². The first-order valence-corrected chi connectivity index (χ1v) is 8.99. The molecule has 0 saturated heterocycles. The number of aryl methyl sites for hydroxylation is 1. The molecule has 0 radical (unpaired) electrons. The number of rotatable bonds is 4. The molecule has 3 rings (SSSR count). The van der Waals surface area contributed by atoms with Crippen LogP contribution in [0.25, 0.3) is 10.9 Å². The Hall–Kier alpha value is -2.40. The van der Waals surface area contributed by atoms with Gasteiger partial charge in [0.25, 0.3) is 5.91 Å². The molecule has 0 aliphatic heterocycles. The van der Waals surface area contributed by atoms with Crippen LogP contribution in [-0.4, -0.2) is 10.5 Å². The Morgan fingerprint density at radius 2 is 1.84 bits per heavy atom. The highest BCUT2D eigenvalue weighted by atomic mass is 79.9. The quantitative estimate of drug-likeness (QED) is 0.712. The molecule has 1 heterocycles. The molecule has 1 amide bonds. The summed E-state index contributed by atoms with van der Waals surface area (Å²) < 4.78 is 2.91. The molecule has 2 aromatic carbocycles. The van der Waals surface area contributed by atoms with Gasteiger partial charge in [-0.2, -0.15) is 0 Å². The third-order valence-corrected chi connectivity index (χ3v) is 4.82. The van der Waals surface area contributed by atoms with Crippen molar-refractivity contribution < 1.29 is 4.79 Å². The van der Waals surface area contributed by atoms with Gasteiger partial charge >= 0.3 is 0 Å². The molecule has 0 saturated carbocycles. The molecule has 1 unspecified atom stereocenters. The van der Waals surface area contributed by atoms with Crippen molar-refractivity contribution in [2.24, 2.45) is 0 Å². The van der Waals surface area contributed by atoms with E-state index in [2.05, 4.69) is 21.2 Å². The van der Waals surface area contributed by atoms with Crippen molar-refractivity contribution in [3.8, 4) is 0 Å². The van der Waals surface area contributed by atoms with Gasteiger partial charge in [-0.05, 0) is 43.7 Å². The van der Waals surface area contributed by atoms with Crippen molar-refractivity contribution in [2.75, 3.05) is 0 Å². The predicted molar refractivity (Wildman–Crippen MR) is 104 cm³/mol. The van der Waals surface area contributed by atoms with Gasteiger partial charge in [0.15, 0.2) is 0 Å². The topological polar surface area (TPSA) is 51.1 Å². The van der Waals surface area contributed by atoms with Crippen LogP contribution in [0.15, 0.2) is 64.0 Å². The molecule has 5 heteroatoms. The minimum absolute atomic E-state index is 0.171. The summed E-state index contributed by atoms with van der Waals surface area (Å²) in [5.74, 6) is -0.353. The summed E-state index contributed by atoms with van der Waals surface area (Å²) >= 11 is 3.40. The van der Waals surface area contributed by atoms with Gasteiger partial charge < -0.3 is 9.88 Å². The first-order chi connectivity index (χ1) is 12.0. The van der Waals surface area contributed by atoms with Crippen molar-refractivity contribution >= 4 is 32.7 Å². The maximum absolute atomic E-state index is 12.7. The smallest absolute Gasteiger partial charge is 0.257 e. The van der Waals surface area contributed by atoms with E-state index in [0.29, 0.717) is 11.9 Å². The summed E-state index contributed by atoms with van der Waals surface area (Å²) in [5, 5.41) is 3.48. The lowest BCUT2D eigenvalue weighted by atomic mass is 10.1. The minimum Gasteiger partial charge on any atom is -0.347 e. The van der Waals surface area contributed by atoms with Gasteiger partial charge in [0.05, 0.1) is 11.6 Å². The Morgan fingerprint density at radius 1 is 1.16 bits per heavy atom. The highest BCUT2D eigenvalue weighted by Gasteiger charge is 2.17. The van der Waals surface area contributed by atoms with Gasteiger partial charge in [-0.15, -0.1) is 0 Å². The monoisotopic (exact) mass is 398 g/mol. The van der Waals surface area contributed by atoms with Crippen LogP contribution < -0.4 is 10.7 Å². The van der Waals surface area contributed by atoms with Gasteiger partial charge in [-0.1, -0.05) is 40.2 Å². The number of pyridine rings is 1. The molecule has 1 aromatic heterocycles. The molecule has 128 valence electrons. The van der Waals surface area contributed by atoms with Gasteiger partial charge in [-0.25, -0.2) is 0 Å². The Balaban J connectivity index is 1.95. The zero-order valence-corrected chi connectivity index (χ0v) is 15.7. The van der Waals surface area contributed by atoms with E-state index in [0.717, 1.165) is 15.6 Å². The van der Waals surface area contributed by atoms with Crippen molar-refractivity contribution in [2.45, 2.75) is 26.4 Å². The van der Waals surface area contributed by atoms with E-state index in [9.17, 15) is 9.59 Å². The lowest BCUT2D eigenvalue weighted by molar-refractivity contribution is 0.0938. The average Bonchev–Trinajstić information content (AvgIpc) is 2.62. The number of hydrogen-bond acceptors (Lipinski definition) is 2. The van der Waals surface area contributed by atoms with Crippen LogP contribution in [-0.2, 0) is 6.54 Å². The van der Waals surface area contributed by atoms with Gasteiger partial charge in [0, 0.05) is 22.6 Å². The fourth-order valence-electron chi connectivity index (χ4n) is 2.88. The summed E-state index contributed by atoms with van der Waals surface area (Å²) in [6.45, 7) is 4.58. The van der Waals surface area contributed by atoms with Crippen LogP contribution in [0.5, 0.6) is 0 Å². The Bertz CT molecular complexity index is 977. The summed E-state index contributed by atoms with van der Waals surface area (Å²) in [6, 6.07) is 14.9. The minimum atomic E-state index is -0.353. The molecule has 4 nitrogen and oxygen atoms in total. The van der Waals surface area contributed by atoms with E-state index in [1.807, 2.05) is 60.9 Å². The van der Waals surface area contributed by atoms with Crippen LogP contribution in [0.2, 0.25) is 0 Å². The maximum atomic E-state index is 12.7. The molecular formula is C20H19BrN2O2. The van der Waals surface area contributed by atoms with Crippen LogP contribution in [0.1, 0.15) is 35.8 Å². The molecule has 1 N–H and O–H groups in total. The SMILES string of the molecule is CCn1cc(C(=O)NC(C)c2ccc(Br)cc2)c(=O)c2ccccc21. The number of nitrogens with zero attached hydrogens (tertiary/aromatic N) is 1. The highest BCUT2D eigenvalue weighted by Crippen LogP contribution is 2.17. The average molecular weight is 399 g/mol. The molecule has 0 aliphatic rings. The number of aromatic nitrogens is 1. The lowest BCUT2D eigenvalue weighted by Gasteiger charge is -2.16. The predicted octanol–water partition coefficient (Wildman–Crippen LogP) is 4.27. The molecular weight excluding hydrogens is 380 g/mol. The Kier molecular flexibility index (Phi) is 5.04.